The Hall–Kier alpha value is -0.460. The number of aryl methyl sites for hydroxylation is 1. The average molecular weight is 192 g/mol. The minimum Gasteiger partial charge on any atom is -0.249 e. The molecule has 0 amide bonds. The number of nitrogens with zero attached hydrogens (tertiary/aromatic N) is 1. The standard InChI is InChI=1S/C5H8N2O2S2/c1-4-7-3-5(10-4)11(8,9)6-2/h3,6H,1-2H3. The molecule has 0 unspecified atom stereocenters. The van der Waals surface area contributed by atoms with Crippen molar-refractivity contribution in [2.45, 2.75) is 11.1 Å². The Kier molecular flexibility index (Phi) is 2.26. The molecular formula is C5H8N2O2S2. The van der Waals surface area contributed by atoms with Gasteiger partial charge in [0.25, 0.3) is 10.0 Å². The van der Waals surface area contributed by atoms with Crippen molar-refractivity contribution in [1.82, 2.24) is 9.71 Å². The van der Waals surface area contributed by atoms with E-state index in [0.717, 1.165) is 16.3 Å². The van der Waals surface area contributed by atoms with Crippen LogP contribution in [0.2, 0.25) is 0 Å². The summed E-state index contributed by atoms with van der Waals surface area (Å²) >= 11 is 1.16. The lowest BCUT2D eigenvalue weighted by atomic mass is 10.8. The Balaban J connectivity index is 3.13. The van der Waals surface area contributed by atoms with Crippen LogP contribution in [0.3, 0.4) is 0 Å². The minimum atomic E-state index is -3.27. The van der Waals surface area contributed by atoms with Gasteiger partial charge in [0.15, 0.2) is 4.21 Å². The molecule has 0 aromatic carbocycles. The Bertz CT molecular complexity index is 341. The maximum absolute atomic E-state index is 11.1. The smallest absolute Gasteiger partial charge is 0.249 e. The molecule has 0 spiro atoms. The first kappa shape index (κ1) is 8.63. The molecule has 1 rings (SSSR count). The molecule has 1 heterocycles. The zero-order chi connectivity index (χ0) is 8.48. The van der Waals surface area contributed by atoms with Crippen LogP contribution in [0.4, 0.5) is 0 Å². The summed E-state index contributed by atoms with van der Waals surface area (Å²) in [7, 11) is -1.89. The summed E-state index contributed by atoms with van der Waals surface area (Å²) in [5.41, 5.74) is 0. The van der Waals surface area contributed by atoms with Crippen LogP contribution in [-0.4, -0.2) is 20.4 Å². The summed E-state index contributed by atoms with van der Waals surface area (Å²) in [6.07, 6.45) is 1.35. The van der Waals surface area contributed by atoms with Crippen LogP contribution in [0.5, 0.6) is 0 Å². The second-order valence-corrected chi connectivity index (χ2v) is 5.25. The molecule has 62 valence electrons. The first-order valence-corrected chi connectivity index (χ1v) is 5.22. The minimum absolute atomic E-state index is 0.262. The van der Waals surface area contributed by atoms with Crippen molar-refractivity contribution < 1.29 is 8.42 Å². The highest BCUT2D eigenvalue weighted by atomic mass is 32.2. The maximum Gasteiger partial charge on any atom is 0.251 e. The van der Waals surface area contributed by atoms with Gasteiger partial charge >= 0.3 is 0 Å². The number of rotatable bonds is 2. The lowest BCUT2D eigenvalue weighted by Crippen LogP contribution is -2.17. The van der Waals surface area contributed by atoms with E-state index < -0.39 is 10.0 Å². The molecule has 0 bridgehead atoms. The molecule has 1 N–H and O–H groups in total. The molecule has 0 aliphatic carbocycles. The number of hydrogen-bond acceptors (Lipinski definition) is 4. The Morgan fingerprint density at radius 2 is 2.27 bits per heavy atom. The topological polar surface area (TPSA) is 59.1 Å². The van der Waals surface area contributed by atoms with Crippen molar-refractivity contribution in [3.8, 4) is 0 Å². The number of nitrogens with one attached hydrogen (secondary N) is 1. The molecule has 1 aromatic heterocycles. The third kappa shape index (κ3) is 1.76. The molecule has 0 aliphatic rings. The van der Waals surface area contributed by atoms with Crippen molar-refractivity contribution in [1.29, 1.82) is 0 Å². The molecule has 6 heteroatoms. The normalized spacial score (nSPS) is 11.8. The van der Waals surface area contributed by atoms with Crippen LogP contribution in [0, 0.1) is 6.92 Å². The Morgan fingerprint density at radius 1 is 1.64 bits per heavy atom. The van der Waals surface area contributed by atoms with E-state index >= 15 is 0 Å². The van der Waals surface area contributed by atoms with Crippen molar-refractivity contribution in [3.63, 3.8) is 0 Å². The molecule has 0 radical (unpaired) electrons. The van der Waals surface area contributed by atoms with Crippen molar-refractivity contribution in [2.75, 3.05) is 7.05 Å². The van der Waals surface area contributed by atoms with Gasteiger partial charge in [-0.05, 0) is 14.0 Å². The van der Waals surface area contributed by atoms with Crippen molar-refractivity contribution in [2.24, 2.45) is 0 Å². The van der Waals surface area contributed by atoms with E-state index in [0.29, 0.717) is 0 Å². The van der Waals surface area contributed by atoms with Gasteiger partial charge in [0, 0.05) is 0 Å². The Labute approximate surface area is 69.3 Å². The Morgan fingerprint density at radius 3 is 2.64 bits per heavy atom. The van der Waals surface area contributed by atoms with E-state index in [-0.39, 0.29) is 4.21 Å². The van der Waals surface area contributed by atoms with Crippen LogP contribution in [-0.2, 0) is 10.0 Å². The van der Waals surface area contributed by atoms with Gasteiger partial charge < -0.3 is 0 Å². The number of hydrogen-bond donors (Lipinski definition) is 1. The van der Waals surface area contributed by atoms with Crippen molar-refractivity contribution >= 4 is 21.4 Å². The van der Waals surface area contributed by atoms with Crippen LogP contribution in [0.15, 0.2) is 10.4 Å². The molecule has 0 atom stereocenters. The van der Waals surface area contributed by atoms with Gasteiger partial charge in [-0.15, -0.1) is 11.3 Å². The average Bonchev–Trinajstić information content (AvgIpc) is 2.36. The predicted molar refractivity (Wildman–Crippen MR) is 43.1 cm³/mol. The van der Waals surface area contributed by atoms with E-state index in [2.05, 4.69) is 9.71 Å². The van der Waals surface area contributed by atoms with E-state index in [1.54, 1.807) is 6.92 Å². The number of thiazole rings is 1. The van der Waals surface area contributed by atoms with Gasteiger partial charge in [-0.3, -0.25) is 0 Å². The van der Waals surface area contributed by atoms with Gasteiger partial charge in [-0.2, -0.15) is 0 Å². The van der Waals surface area contributed by atoms with Gasteiger partial charge in [-0.25, -0.2) is 18.1 Å². The highest BCUT2D eigenvalue weighted by Gasteiger charge is 2.13. The molecule has 0 aliphatic heterocycles. The summed E-state index contributed by atoms with van der Waals surface area (Å²) in [6.45, 7) is 1.76. The quantitative estimate of drug-likeness (QED) is 0.736. The van der Waals surface area contributed by atoms with Gasteiger partial charge in [-0.1, -0.05) is 0 Å². The lowest BCUT2D eigenvalue weighted by Gasteiger charge is -1.94. The SMILES string of the molecule is CNS(=O)(=O)c1cnc(C)s1. The largest absolute Gasteiger partial charge is 0.251 e. The first-order valence-electron chi connectivity index (χ1n) is 2.92. The molecule has 0 fully saturated rings. The van der Waals surface area contributed by atoms with E-state index in [9.17, 15) is 8.42 Å². The van der Waals surface area contributed by atoms with Crippen molar-refractivity contribution in [3.05, 3.63) is 11.2 Å². The zero-order valence-corrected chi connectivity index (χ0v) is 7.79. The summed E-state index contributed by atoms with van der Waals surface area (Å²) in [5, 5.41) is 0.749. The summed E-state index contributed by atoms with van der Waals surface area (Å²) in [4.78, 5) is 3.83. The fourth-order valence-electron chi connectivity index (χ4n) is 0.567. The summed E-state index contributed by atoms with van der Waals surface area (Å²) in [5.74, 6) is 0. The molecule has 0 saturated heterocycles. The molecule has 4 nitrogen and oxygen atoms in total. The van der Waals surface area contributed by atoms with Crippen LogP contribution in [0.25, 0.3) is 0 Å². The summed E-state index contributed by atoms with van der Waals surface area (Å²) < 4.78 is 24.6. The second-order valence-electron chi connectivity index (χ2n) is 1.91. The monoisotopic (exact) mass is 192 g/mol. The lowest BCUT2D eigenvalue weighted by molar-refractivity contribution is 0.590. The molecule has 11 heavy (non-hydrogen) atoms. The third-order valence-electron chi connectivity index (χ3n) is 1.13. The second kappa shape index (κ2) is 2.88. The maximum atomic E-state index is 11.1. The fourth-order valence-corrected chi connectivity index (χ4v) is 2.51. The van der Waals surface area contributed by atoms with Crippen LogP contribution in [0.1, 0.15) is 5.01 Å². The van der Waals surface area contributed by atoms with Gasteiger partial charge in [0.2, 0.25) is 0 Å². The molecular weight excluding hydrogens is 184 g/mol. The molecule has 0 saturated carbocycles. The third-order valence-corrected chi connectivity index (χ3v) is 3.92. The highest BCUT2D eigenvalue weighted by Crippen LogP contribution is 2.16. The predicted octanol–water partition coefficient (Wildman–Crippen LogP) is 0.360. The zero-order valence-electron chi connectivity index (χ0n) is 6.16. The van der Waals surface area contributed by atoms with Crippen LogP contribution >= 0.6 is 11.3 Å². The highest BCUT2D eigenvalue weighted by molar-refractivity contribution is 7.91. The van der Waals surface area contributed by atoms with E-state index in [1.165, 1.54) is 13.2 Å². The number of sulfonamides is 1. The fraction of sp³-hybridized carbons (Fsp3) is 0.400. The van der Waals surface area contributed by atoms with Gasteiger partial charge in [0.05, 0.1) is 11.2 Å². The van der Waals surface area contributed by atoms with Crippen LogP contribution < -0.4 is 4.72 Å². The number of aromatic nitrogens is 1. The first-order chi connectivity index (χ1) is 5.06. The van der Waals surface area contributed by atoms with E-state index in [4.69, 9.17) is 0 Å². The van der Waals surface area contributed by atoms with Gasteiger partial charge in [0.1, 0.15) is 0 Å². The van der Waals surface area contributed by atoms with E-state index in [1.807, 2.05) is 0 Å². The molecule has 1 aromatic rings. The summed E-state index contributed by atoms with van der Waals surface area (Å²) in [6, 6.07) is 0.